The minimum Gasteiger partial charge on any atom is -0.145 e. The standard InChI is InChI=1S/C19H15NO/c1-14-9-11-15(12-10-14)16-5-4-6-17(13-16)18-7-2-3-8-19(18)20-21/h2-13H,1H3. The van der Waals surface area contributed by atoms with E-state index in [1.165, 1.54) is 11.1 Å². The van der Waals surface area contributed by atoms with Gasteiger partial charge in [-0.15, -0.1) is 4.91 Å². The highest BCUT2D eigenvalue weighted by Gasteiger charge is 2.06. The number of aryl methyl sites for hydroxylation is 1. The fourth-order valence-electron chi connectivity index (χ4n) is 2.41. The third-order valence-electron chi connectivity index (χ3n) is 3.56. The summed E-state index contributed by atoms with van der Waals surface area (Å²) >= 11 is 0. The van der Waals surface area contributed by atoms with E-state index in [0.29, 0.717) is 5.69 Å². The van der Waals surface area contributed by atoms with Gasteiger partial charge in [0.15, 0.2) is 0 Å². The van der Waals surface area contributed by atoms with E-state index in [4.69, 9.17) is 0 Å². The van der Waals surface area contributed by atoms with E-state index >= 15 is 0 Å². The van der Waals surface area contributed by atoms with E-state index < -0.39 is 0 Å². The lowest BCUT2D eigenvalue weighted by molar-refractivity contribution is 1.46. The van der Waals surface area contributed by atoms with Crippen molar-refractivity contribution >= 4 is 5.69 Å². The average molecular weight is 273 g/mol. The number of nitrogens with zero attached hydrogens (tertiary/aromatic N) is 1. The first kappa shape index (κ1) is 13.3. The molecule has 2 heteroatoms. The summed E-state index contributed by atoms with van der Waals surface area (Å²) in [4.78, 5) is 10.9. The van der Waals surface area contributed by atoms with Gasteiger partial charge < -0.3 is 0 Å². The summed E-state index contributed by atoms with van der Waals surface area (Å²) in [6.07, 6.45) is 0. The molecule has 0 bridgehead atoms. The highest BCUT2D eigenvalue weighted by atomic mass is 16.3. The maximum absolute atomic E-state index is 10.9. The van der Waals surface area contributed by atoms with Crippen molar-refractivity contribution in [1.29, 1.82) is 0 Å². The first-order valence-electron chi connectivity index (χ1n) is 6.88. The maximum Gasteiger partial charge on any atom is 0.115 e. The molecule has 0 aliphatic carbocycles. The van der Waals surface area contributed by atoms with Gasteiger partial charge in [0.2, 0.25) is 0 Å². The molecule has 0 N–H and O–H groups in total. The van der Waals surface area contributed by atoms with Crippen LogP contribution < -0.4 is 0 Å². The summed E-state index contributed by atoms with van der Waals surface area (Å²) in [7, 11) is 0. The first-order chi connectivity index (χ1) is 10.3. The van der Waals surface area contributed by atoms with E-state index in [9.17, 15) is 4.91 Å². The van der Waals surface area contributed by atoms with Gasteiger partial charge in [-0.05, 0) is 40.9 Å². The lowest BCUT2D eigenvalue weighted by Gasteiger charge is -2.07. The molecular weight excluding hydrogens is 258 g/mol. The Morgan fingerprint density at radius 2 is 1.43 bits per heavy atom. The molecule has 3 rings (SSSR count). The topological polar surface area (TPSA) is 29.4 Å². The molecule has 3 aromatic carbocycles. The van der Waals surface area contributed by atoms with Crippen LogP contribution in [0.4, 0.5) is 5.69 Å². The lowest BCUT2D eigenvalue weighted by Crippen LogP contribution is -1.82. The second kappa shape index (κ2) is 5.71. The molecule has 0 fully saturated rings. The second-order valence-corrected chi connectivity index (χ2v) is 5.06. The molecule has 0 aliphatic heterocycles. The molecule has 0 spiro atoms. The largest absolute Gasteiger partial charge is 0.145 e. The highest BCUT2D eigenvalue weighted by Crippen LogP contribution is 2.32. The molecule has 0 aliphatic rings. The van der Waals surface area contributed by atoms with E-state index in [2.05, 4.69) is 48.5 Å². The molecule has 0 heterocycles. The summed E-state index contributed by atoms with van der Waals surface area (Å²) < 4.78 is 0. The monoisotopic (exact) mass is 273 g/mol. The van der Waals surface area contributed by atoms with Gasteiger partial charge in [-0.25, -0.2) is 0 Å². The Morgan fingerprint density at radius 3 is 2.19 bits per heavy atom. The minimum absolute atomic E-state index is 0.471. The van der Waals surface area contributed by atoms with Gasteiger partial charge in [0.25, 0.3) is 0 Å². The van der Waals surface area contributed by atoms with Gasteiger partial charge in [-0.1, -0.05) is 66.2 Å². The number of rotatable bonds is 3. The van der Waals surface area contributed by atoms with Crippen LogP contribution in [0, 0.1) is 11.8 Å². The molecular formula is C19H15NO. The third kappa shape index (κ3) is 2.75. The van der Waals surface area contributed by atoms with Crippen LogP contribution >= 0.6 is 0 Å². The van der Waals surface area contributed by atoms with Crippen LogP contribution in [-0.4, -0.2) is 0 Å². The summed E-state index contributed by atoms with van der Waals surface area (Å²) in [5.74, 6) is 0. The van der Waals surface area contributed by atoms with Gasteiger partial charge in [0.05, 0.1) is 0 Å². The van der Waals surface area contributed by atoms with Gasteiger partial charge >= 0.3 is 0 Å². The van der Waals surface area contributed by atoms with Crippen molar-refractivity contribution < 1.29 is 0 Å². The molecule has 0 amide bonds. The molecule has 0 atom stereocenters. The van der Waals surface area contributed by atoms with Crippen LogP contribution in [0.3, 0.4) is 0 Å². The number of benzene rings is 3. The molecule has 102 valence electrons. The summed E-state index contributed by atoms with van der Waals surface area (Å²) in [6, 6.07) is 24.0. The quantitative estimate of drug-likeness (QED) is 0.560. The zero-order valence-electron chi connectivity index (χ0n) is 11.8. The summed E-state index contributed by atoms with van der Waals surface area (Å²) in [5, 5.41) is 3.11. The van der Waals surface area contributed by atoms with Crippen molar-refractivity contribution in [3.63, 3.8) is 0 Å². The Bertz CT molecular complexity index is 776. The zero-order valence-corrected chi connectivity index (χ0v) is 11.8. The van der Waals surface area contributed by atoms with Gasteiger partial charge in [-0.3, -0.25) is 0 Å². The Hall–Kier alpha value is -2.74. The predicted molar refractivity (Wildman–Crippen MR) is 87.5 cm³/mol. The van der Waals surface area contributed by atoms with Crippen LogP contribution in [-0.2, 0) is 0 Å². The second-order valence-electron chi connectivity index (χ2n) is 5.06. The third-order valence-corrected chi connectivity index (χ3v) is 3.56. The van der Waals surface area contributed by atoms with E-state index in [0.717, 1.165) is 16.7 Å². The molecule has 0 saturated heterocycles. The zero-order chi connectivity index (χ0) is 14.7. The Kier molecular flexibility index (Phi) is 3.61. The van der Waals surface area contributed by atoms with Crippen LogP contribution in [0.5, 0.6) is 0 Å². The highest BCUT2D eigenvalue weighted by molar-refractivity contribution is 5.79. The van der Waals surface area contributed by atoms with Crippen LogP contribution in [0.1, 0.15) is 5.56 Å². The van der Waals surface area contributed by atoms with E-state index in [1.54, 1.807) is 6.07 Å². The van der Waals surface area contributed by atoms with Crippen molar-refractivity contribution in [3.8, 4) is 22.3 Å². The number of hydrogen-bond acceptors (Lipinski definition) is 2. The average Bonchev–Trinajstić information content (AvgIpc) is 2.55. The summed E-state index contributed by atoms with van der Waals surface area (Å²) in [5.41, 5.74) is 5.88. The van der Waals surface area contributed by atoms with E-state index in [1.807, 2.05) is 30.3 Å². The number of nitroso groups, excluding NO2 is 1. The summed E-state index contributed by atoms with van der Waals surface area (Å²) in [6.45, 7) is 2.08. The SMILES string of the molecule is Cc1ccc(-c2cccc(-c3ccccc3N=O)c2)cc1. The Balaban J connectivity index is 2.08. The predicted octanol–water partition coefficient (Wildman–Crippen LogP) is 5.73. The molecule has 21 heavy (non-hydrogen) atoms. The maximum atomic E-state index is 10.9. The fourth-order valence-corrected chi connectivity index (χ4v) is 2.41. The van der Waals surface area contributed by atoms with Crippen molar-refractivity contribution in [2.24, 2.45) is 5.18 Å². The molecule has 2 nitrogen and oxygen atoms in total. The molecule has 0 aromatic heterocycles. The number of hydrogen-bond donors (Lipinski definition) is 0. The van der Waals surface area contributed by atoms with Crippen LogP contribution in [0.25, 0.3) is 22.3 Å². The van der Waals surface area contributed by atoms with Crippen LogP contribution in [0.15, 0.2) is 78.0 Å². The molecule has 0 unspecified atom stereocenters. The molecule has 0 saturated carbocycles. The van der Waals surface area contributed by atoms with Crippen molar-refractivity contribution in [3.05, 3.63) is 83.3 Å². The Labute approximate surface area is 124 Å². The van der Waals surface area contributed by atoms with Crippen molar-refractivity contribution in [2.75, 3.05) is 0 Å². The van der Waals surface area contributed by atoms with E-state index in [-0.39, 0.29) is 0 Å². The minimum atomic E-state index is 0.471. The van der Waals surface area contributed by atoms with Crippen molar-refractivity contribution in [1.82, 2.24) is 0 Å². The van der Waals surface area contributed by atoms with Gasteiger partial charge in [0.1, 0.15) is 5.69 Å². The lowest BCUT2D eigenvalue weighted by atomic mass is 9.98. The first-order valence-corrected chi connectivity index (χ1v) is 6.88. The molecule has 0 radical (unpaired) electrons. The van der Waals surface area contributed by atoms with Crippen LogP contribution in [0.2, 0.25) is 0 Å². The Morgan fingerprint density at radius 1 is 0.714 bits per heavy atom. The van der Waals surface area contributed by atoms with Gasteiger partial charge in [-0.2, -0.15) is 0 Å². The van der Waals surface area contributed by atoms with Crippen molar-refractivity contribution in [2.45, 2.75) is 6.92 Å². The molecule has 3 aromatic rings. The normalized spacial score (nSPS) is 10.3. The van der Waals surface area contributed by atoms with Gasteiger partial charge in [0, 0.05) is 5.56 Å². The fraction of sp³-hybridized carbons (Fsp3) is 0.0526. The smallest absolute Gasteiger partial charge is 0.115 e.